The van der Waals surface area contributed by atoms with Crippen LogP contribution in [-0.4, -0.2) is 13.2 Å². The van der Waals surface area contributed by atoms with Crippen LogP contribution in [0.3, 0.4) is 0 Å². The van der Waals surface area contributed by atoms with E-state index in [0.29, 0.717) is 26.3 Å². The molecule has 2 rings (SSSR count). The smallest absolute Gasteiger partial charge is 0.162 e. The Morgan fingerprint density at radius 1 is 0.957 bits per heavy atom. The summed E-state index contributed by atoms with van der Waals surface area (Å²) >= 11 is 9.78. The van der Waals surface area contributed by atoms with Crippen molar-refractivity contribution >= 4 is 27.5 Å². The van der Waals surface area contributed by atoms with Crippen LogP contribution < -0.4 is 14.8 Å². The Kier molecular flexibility index (Phi) is 7.21. The number of halogens is 2. The molecule has 5 heteroatoms. The van der Waals surface area contributed by atoms with Crippen molar-refractivity contribution in [1.29, 1.82) is 0 Å². The van der Waals surface area contributed by atoms with E-state index in [2.05, 4.69) is 21.2 Å². The van der Waals surface area contributed by atoms with E-state index >= 15 is 0 Å². The largest absolute Gasteiger partial charge is 0.490 e. The van der Waals surface area contributed by atoms with Crippen LogP contribution in [0.5, 0.6) is 11.5 Å². The summed E-state index contributed by atoms with van der Waals surface area (Å²) in [7, 11) is 0. The number of hydrogen-bond acceptors (Lipinski definition) is 3. The molecule has 1 N–H and O–H groups in total. The molecule has 0 heterocycles. The van der Waals surface area contributed by atoms with E-state index in [1.807, 2.05) is 50.2 Å². The number of benzene rings is 2. The molecule has 0 aliphatic carbocycles. The molecule has 0 saturated heterocycles. The van der Waals surface area contributed by atoms with E-state index in [9.17, 15) is 0 Å². The van der Waals surface area contributed by atoms with Crippen molar-refractivity contribution in [1.82, 2.24) is 5.32 Å². The van der Waals surface area contributed by atoms with Gasteiger partial charge in [0.25, 0.3) is 0 Å². The summed E-state index contributed by atoms with van der Waals surface area (Å²) in [6, 6.07) is 11.8. The van der Waals surface area contributed by atoms with Gasteiger partial charge in [-0.2, -0.15) is 0 Å². The Hall–Kier alpha value is -1.23. The second-order valence-corrected chi connectivity index (χ2v) is 6.21. The molecular weight excluding hydrogens is 378 g/mol. The topological polar surface area (TPSA) is 30.5 Å². The van der Waals surface area contributed by atoms with Crippen LogP contribution in [0, 0.1) is 0 Å². The van der Waals surface area contributed by atoms with E-state index in [1.165, 1.54) is 0 Å². The van der Waals surface area contributed by atoms with Crippen molar-refractivity contribution in [2.24, 2.45) is 0 Å². The molecule has 23 heavy (non-hydrogen) atoms. The van der Waals surface area contributed by atoms with Gasteiger partial charge in [0.15, 0.2) is 11.5 Å². The van der Waals surface area contributed by atoms with Crippen LogP contribution in [0.15, 0.2) is 40.9 Å². The van der Waals surface area contributed by atoms with Gasteiger partial charge >= 0.3 is 0 Å². The molecule has 0 bridgehead atoms. The van der Waals surface area contributed by atoms with Gasteiger partial charge in [0.1, 0.15) is 0 Å². The molecule has 0 aliphatic rings. The maximum absolute atomic E-state index is 6.17. The molecule has 2 aromatic carbocycles. The average molecular weight is 399 g/mol. The summed E-state index contributed by atoms with van der Waals surface area (Å²) in [4.78, 5) is 0. The third kappa shape index (κ3) is 5.13. The highest BCUT2D eigenvalue weighted by molar-refractivity contribution is 9.10. The summed E-state index contributed by atoms with van der Waals surface area (Å²) in [5.41, 5.74) is 2.20. The number of nitrogens with one attached hydrogen (secondary N) is 1. The van der Waals surface area contributed by atoms with Gasteiger partial charge in [-0.05, 0) is 43.2 Å². The Balaban J connectivity index is 2.07. The average Bonchev–Trinajstić information content (AvgIpc) is 2.53. The van der Waals surface area contributed by atoms with E-state index in [4.69, 9.17) is 21.1 Å². The quantitative estimate of drug-likeness (QED) is 0.664. The zero-order chi connectivity index (χ0) is 16.7. The third-order valence-electron chi connectivity index (χ3n) is 3.30. The lowest BCUT2D eigenvalue weighted by atomic mass is 10.2. The van der Waals surface area contributed by atoms with Crippen molar-refractivity contribution < 1.29 is 9.47 Å². The lowest BCUT2D eigenvalue weighted by molar-refractivity contribution is 0.287. The van der Waals surface area contributed by atoms with E-state index in [-0.39, 0.29) is 0 Å². The molecule has 2 aromatic rings. The lowest BCUT2D eigenvalue weighted by Gasteiger charge is -2.15. The van der Waals surface area contributed by atoms with Gasteiger partial charge in [-0.25, -0.2) is 0 Å². The second kappa shape index (κ2) is 9.16. The van der Waals surface area contributed by atoms with Crippen molar-refractivity contribution in [3.05, 3.63) is 57.0 Å². The van der Waals surface area contributed by atoms with Gasteiger partial charge in [-0.3, -0.25) is 0 Å². The predicted octanol–water partition coefficient (Wildman–Crippen LogP) is 5.19. The SMILES string of the molecule is CCOc1cc(Br)c(CNCc2ccccc2Cl)cc1OCC. The van der Waals surface area contributed by atoms with Crippen molar-refractivity contribution in [3.8, 4) is 11.5 Å². The normalized spacial score (nSPS) is 10.6. The molecule has 0 saturated carbocycles. The Labute approximate surface area is 151 Å². The Bertz CT molecular complexity index is 649. The monoisotopic (exact) mass is 397 g/mol. The second-order valence-electron chi connectivity index (χ2n) is 4.95. The first-order chi connectivity index (χ1) is 11.2. The molecule has 0 aromatic heterocycles. The minimum absolute atomic E-state index is 0.605. The Morgan fingerprint density at radius 2 is 1.57 bits per heavy atom. The molecular formula is C18H21BrClNO2. The molecule has 0 amide bonds. The molecule has 124 valence electrons. The third-order valence-corrected chi connectivity index (χ3v) is 4.41. The highest BCUT2D eigenvalue weighted by Gasteiger charge is 2.10. The van der Waals surface area contributed by atoms with Crippen LogP contribution in [0.25, 0.3) is 0 Å². The zero-order valence-corrected chi connectivity index (χ0v) is 15.7. The summed E-state index contributed by atoms with van der Waals surface area (Å²) < 4.78 is 12.3. The number of hydrogen-bond donors (Lipinski definition) is 1. The first kappa shape index (κ1) is 18.1. The summed E-state index contributed by atoms with van der Waals surface area (Å²) in [5, 5.41) is 4.19. The fourth-order valence-corrected chi connectivity index (χ4v) is 2.89. The molecule has 3 nitrogen and oxygen atoms in total. The molecule has 0 spiro atoms. The number of ether oxygens (including phenoxy) is 2. The van der Waals surface area contributed by atoms with Gasteiger partial charge < -0.3 is 14.8 Å². The summed E-state index contributed by atoms with van der Waals surface area (Å²) in [6.07, 6.45) is 0. The van der Waals surface area contributed by atoms with Gasteiger partial charge in [-0.15, -0.1) is 0 Å². The molecule has 0 unspecified atom stereocenters. The maximum Gasteiger partial charge on any atom is 0.162 e. The standard InChI is InChI=1S/C18H21BrClNO2/c1-3-22-17-9-14(15(19)10-18(17)23-4-2)12-21-11-13-7-5-6-8-16(13)20/h5-10,21H,3-4,11-12H2,1-2H3. The molecule has 0 radical (unpaired) electrons. The number of rotatable bonds is 8. The van der Waals surface area contributed by atoms with Gasteiger partial charge in [-0.1, -0.05) is 45.7 Å². The van der Waals surface area contributed by atoms with Gasteiger partial charge in [0.2, 0.25) is 0 Å². The highest BCUT2D eigenvalue weighted by Crippen LogP contribution is 2.34. The zero-order valence-electron chi connectivity index (χ0n) is 13.4. The highest BCUT2D eigenvalue weighted by atomic mass is 79.9. The fraction of sp³-hybridized carbons (Fsp3) is 0.333. The van der Waals surface area contributed by atoms with E-state index in [0.717, 1.165) is 32.1 Å². The minimum Gasteiger partial charge on any atom is -0.490 e. The molecule has 0 atom stereocenters. The maximum atomic E-state index is 6.17. The fourth-order valence-electron chi connectivity index (χ4n) is 2.22. The van der Waals surface area contributed by atoms with E-state index < -0.39 is 0 Å². The van der Waals surface area contributed by atoms with Crippen LogP contribution in [0.2, 0.25) is 5.02 Å². The Morgan fingerprint density at radius 3 is 2.22 bits per heavy atom. The van der Waals surface area contributed by atoms with E-state index in [1.54, 1.807) is 0 Å². The lowest BCUT2D eigenvalue weighted by Crippen LogP contribution is -2.13. The molecule has 0 fully saturated rings. The molecule has 0 aliphatic heterocycles. The van der Waals surface area contributed by atoms with Crippen LogP contribution in [0.1, 0.15) is 25.0 Å². The van der Waals surface area contributed by atoms with Crippen molar-refractivity contribution in [2.75, 3.05) is 13.2 Å². The van der Waals surface area contributed by atoms with Crippen LogP contribution in [0.4, 0.5) is 0 Å². The first-order valence-corrected chi connectivity index (χ1v) is 8.85. The van der Waals surface area contributed by atoms with Crippen LogP contribution in [-0.2, 0) is 13.1 Å². The summed E-state index contributed by atoms with van der Waals surface area (Å²) in [6.45, 7) is 6.56. The first-order valence-electron chi connectivity index (χ1n) is 7.67. The minimum atomic E-state index is 0.605. The predicted molar refractivity (Wildman–Crippen MR) is 98.5 cm³/mol. The van der Waals surface area contributed by atoms with Crippen molar-refractivity contribution in [3.63, 3.8) is 0 Å². The van der Waals surface area contributed by atoms with Gasteiger partial charge in [0, 0.05) is 22.6 Å². The van der Waals surface area contributed by atoms with Crippen LogP contribution >= 0.6 is 27.5 Å². The van der Waals surface area contributed by atoms with Crippen molar-refractivity contribution in [2.45, 2.75) is 26.9 Å². The summed E-state index contributed by atoms with van der Waals surface area (Å²) in [5.74, 6) is 1.53. The van der Waals surface area contributed by atoms with Gasteiger partial charge in [0.05, 0.1) is 13.2 Å².